The third-order valence-electron chi connectivity index (χ3n) is 3.57. The average molecular weight is 317 g/mol. The van der Waals surface area contributed by atoms with E-state index in [9.17, 15) is 4.39 Å². The average Bonchev–Trinajstić information content (AvgIpc) is 2.95. The molecule has 3 rings (SSSR count). The molecule has 0 saturated heterocycles. The van der Waals surface area contributed by atoms with Crippen molar-refractivity contribution in [2.45, 2.75) is 0 Å². The number of nitrogens with one attached hydrogen (secondary N) is 1. The van der Waals surface area contributed by atoms with Crippen LogP contribution in [-0.2, 0) is 9.47 Å². The third-order valence-corrected chi connectivity index (χ3v) is 3.57. The molecule has 0 spiro atoms. The molecule has 0 aliphatic carbocycles. The van der Waals surface area contributed by atoms with Crippen LogP contribution in [0.4, 0.5) is 4.39 Å². The second-order valence-corrected chi connectivity index (χ2v) is 5.14. The maximum Gasteiger partial charge on any atom is 0.121 e. The summed E-state index contributed by atoms with van der Waals surface area (Å²) in [7, 11) is 0. The van der Waals surface area contributed by atoms with E-state index < -0.39 is 6.67 Å². The van der Waals surface area contributed by atoms with Crippen LogP contribution in [0.25, 0.3) is 21.8 Å². The highest BCUT2D eigenvalue weighted by molar-refractivity contribution is 6.07. The molecule has 1 aromatic heterocycles. The van der Waals surface area contributed by atoms with Crippen LogP contribution < -0.4 is 4.74 Å². The Hall–Kier alpha value is -2.11. The van der Waals surface area contributed by atoms with Gasteiger partial charge in [0, 0.05) is 22.4 Å². The van der Waals surface area contributed by atoms with Gasteiger partial charge < -0.3 is 19.2 Å². The van der Waals surface area contributed by atoms with Gasteiger partial charge in [-0.05, 0) is 18.2 Å². The zero-order valence-corrected chi connectivity index (χ0v) is 12.9. The smallest absolute Gasteiger partial charge is 0.121 e. The van der Waals surface area contributed by atoms with Crippen molar-refractivity contribution in [1.82, 2.24) is 4.98 Å². The number of aromatic nitrogens is 1. The molecule has 2 aromatic carbocycles. The van der Waals surface area contributed by atoms with E-state index in [0.29, 0.717) is 26.4 Å². The number of benzene rings is 2. The Kier molecular flexibility index (Phi) is 5.45. The lowest BCUT2D eigenvalue weighted by atomic mass is 10.1. The summed E-state index contributed by atoms with van der Waals surface area (Å²) in [6, 6.07) is 14.3. The van der Waals surface area contributed by atoms with Crippen molar-refractivity contribution in [3.63, 3.8) is 0 Å². The second kappa shape index (κ2) is 7.94. The fourth-order valence-electron chi connectivity index (χ4n) is 2.52. The number of rotatable bonds is 9. The molecule has 0 aliphatic heterocycles. The van der Waals surface area contributed by atoms with Gasteiger partial charge in [-0.2, -0.15) is 0 Å². The zero-order chi connectivity index (χ0) is 15.9. The summed E-state index contributed by atoms with van der Waals surface area (Å²) in [6.07, 6.45) is 0. The van der Waals surface area contributed by atoms with Crippen molar-refractivity contribution in [2.75, 3.05) is 39.7 Å². The summed E-state index contributed by atoms with van der Waals surface area (Å²) >= 11 is 0. The monoisotopic (exact) mass is 317 g/mol. The standard InChI is InChI=1S/C18H20FNO3/c19-7-8-21-9-10-22-11-12-23-14-5-6-16-15-3-1-2-4-17(15)20-18(16)13-14/h1-6,13,20H,7-12H2. The van der Waals surface area contributed by atoms with Crippen molar-refractivity contribution in [3.05, 3.63) is 42.5 Å². The molecule has 0 aliphatic rings. The van der Waals surface area contributed by atoms with E-state index in [1.807, 2.05) is 24.3 Å². The minimum atomic E-state index is -0.459. The molecule has 122 valence electrons. The Balaban J connectivity index is 1.50. The van der Waals surface area contributed by atoms with Crippen LogP contribution in [0.5, 0.6) is 5.75 Å². The molecule has 0 amide bonds. The van der Waals surface area contributed by atoms with Crippen LogP contribution in [0.1, 0.15) is 0 Å². The summed E-state index contributed by atoms with van der Waals surface area (Å²) in [5.41, 5.74) is 2.18. The normalized spacial score (nSPS) is 11.3. The largest absolute Gasteiger partial charge is 0.491 e. The SMILES string of the molecule is FCCOCCOCCOc1ccc2c(c1)[nH]c1ccccc12. The number of H-pyrrole nitrogens is 1. The summed E-state index contributed by atoms with van der Waals surface area (Å²) in [5, 5.41) is 2.40. The molecule has 0 unspecified atom stereocenters. The highest BCUT2D eigenvalue weighted by Gasteiger charge is 2.04. The van der Waals surface area contributed by atoms with Gasteiger partial charge in [-0.25, -0.2) is 4.39 Å². The Morgan fingerprint density at radius 2 is 1.52 bits per heavy atom. The lowest BCUT2D eigenvalue weighted by Gasteiger charge is -2.07. The lowest BCUT2D eigenvalue weighted by Crippen LogP contribution is -2.11. The second-order valence-electron chi connectivity index (χ2n) is 5.14. The van der Waals surface area contributed by atoms with E-state index >= 15 is 0 Å². The van der Waals surface area contributed by atoms with E-state index in [-0.39, 0.29) is 6.61 Å². The molecule has 0 radical (unpaired) electrons. The van der Waals surface area contributed by atoms with Gasteiger partial charge >= 0.3 is 0 Å². The Morgan fingerprint density at radius 1 is 0.783 bits per heavy atom. The number of halogens is 1. The van der Waals surface area contributed by atoms with Crippen molar-refractivity contribution in [1.29, 1.82) is 0 Å². The fourth-order valence-corrected chi connectivity index (χ4v) is 2.52. The number of hydrogen-bond donors (Lipinski definition) is 1. The maximum absolute atomic E-state index is 11.8. The lowest BCUT2D eigenvalue weighted by molar-refractivity contribution is 0.0325. The molecule has 23 heavy (non-hydrogen) atoms. The highest BCUT2D eigenvalue weighted by Crippen LogP contribution is 2.28. The molecule has 3 aromatic rings. The summed E-state index contributed by atoms with van der Waals surface area (Å²) < 4.78 is 27.8. The number of hydrogen-bond acceptors (Lipinski definition) is 3. The van der Waals surface area contributed by atoms with Crippen molar-refractivity contribution < 1.29 is 18.6 Å². The Labute approximate surface area is 134 Å². The molecule has 0 atom stereocenters. The predicted octanol–water partition coefficient (Wildman–Crippen LogP) is 3.70. The van der Waals surface area contributed by atoms with Crippen LogP contribution in [0, 0.1) is 0 Å². The van der Waals surface area contributed by atoms with Crippen molar-refractivity contribution in [3.8, 4) is 5.75 Å². The van der Waals surface area contributed by atoms with Crippen molar-refractivity contribution in [2.24, 2.45) is 0 Å². The molecule has 0 saturated carbocycles. The number of ether oxygens (including phenoxy) is 3. The van der Waals surface area contributed by atoms with Gasteiger partial charge in [-0.3, -0.25) is 0 Å². The molecular formula is C18H20FNO3. The molecule has 0 fully saturated rings. The molecule has 5 heteroatoms. The summed E-state index contributed by atoms with van der Waals surface area (Å²) in [4.78, 5) is 3.39. The summed E-state index contributed by atoms with van der Waals surface area (Å²) in [6.45, 7) is 1.47. The highest BCUT2D eigenvalue weighted by atomic mass is 19.1. The van der Waals surface area contributed by atoms with Crippen LogP contribution in [0.2, 0.25) is 0 Å². The van der Waals surface area contributed by atoms with Crippen LogP contribution in [-0.4, -0.2) is 44.7 Å². The fraction of sp³-hybridized carbons (Fsp3) is 0.333. The van der Waals surface area contributed by atoms with Crippen LogP contribution in [0.15, 0.2) is 42.5 Å². The molecule has 0 bridgehead atoms. The first kappa shape index (κ1) is 15.8. The number of aromatic amines is 1. The van der Waals surface area contributed by atoms with Gasteiger partial charge in [-0.1, -0.05) is 18.2 Å². The maximum atomic E-state index is 11.8. The number of alkyl halides is 1. The van der Waals surface area contributed by atoms with E-state index in [1.165, 1.54) is 10.8 Å². The van der Waals surface area contributed by atoms with Gasteiger partial charge in [0.05, 0.1) is 31.9 Å². The molecule has 4 nitrogen and oxygen atoms in total. The summed E-state index contributed by atoms with van der Waals surface area (Å²) in [5.74, 6) is 0.807. The Morgan fingerprint density at radius 3 is 2.39 bits per heavy atom. The van der Waals surface area contributed by atoms with E-state index in [2.05, 4.69) is 23.2 Å². The third kappa shape index (κ3) is 4.00. The first-order valence-electron chi connectivity index (χ1n) is 7.73. The van der Waals surface area contributed by atoms with Crippen LogP contribution in [0.3, 0.4) is 0 Å². The topological polar surface area (TPSA) is 43.5 Å². The van der Waals surface area contributed by atoms with E-state index in [0.717, 1.165) is 16.8 Å². The first-order valence-corrected chi connectivity index (χ1v) is 7.73. The van der Waals surface area contributed by atoms with Crippen LogP contribution >= 0.6 is 0 Å². The van der Waals surface area contributed by atoms with Crippen molar-refractivity contribution >= 4 is 21.8 Å². The zero-order valence-electron chi connectivity index (χ0n) is 12.9. The number of fused-ring (bicyclic) bond motifs is 3. The van der Waals surface area contributed by atoms with Gasteiger partial charge in [0.2, 0.25) is 0 Å². The predicted molar refractivity (Wildman–Crippen MR) is 88.9 cm³/mol. The van der Waals surface area contributed by atoms with E-state index in [4.69, 9.17) is 14.2 Å². The molecule has 1 heterocycles. The molecular weight excluding hydrogens is 297 g/mol. The van der Waals surface area contributed by atoms with Gasteiger partial charge in [0.15, 0.2) is 0 Å². The quantitative estimate of drug-likeness (QED) is 0.612. The minimum absolute atomic E-state index is 0.129. The molecule has 1 N–H and O–H groups in total. The number of para-hydroxylation sites is 1. The Bertz CT molecular complexity index is 756. The van der Waals surface area contributed by atoms with E-state index in [1.54, 1.807) is 0 Å². The van der Waals surface area contributed by atoms with Gasteiger partial charge in [-0.15, -0.1) is 0 Å². The minimum Gasteiger partial charge on any atom is -0.491 e. The van der Waals surface area contributed by atoms with Gasteiger partial charge in [0.25, 0.3) is 0 Å². The first-order chi connectivity index (χ1) is 11.4. The van der Waals surface area contributed by atoms with Gasteiger partial charge in [0.1, 0.15) is 19.0 Å².